The molecule has 0 aliphatic carbocycles. The zero-order valence-electron chi connectivity index (χ0n) is 21.5. The maximum atomic E-state index is 6.12. The van der Waals surface area contributed by atoms with Crippen LogP contribution in [0.15, 0.2) is 42.2 Å². The first-order valence-corrected chi connectivity index (χ1v) is 19.0. The first-order valence-electron chi connectivity index (χ1n) is 12.9. The fraction of sp³-hybridized carbons (Fsp3) is 0.571. The summed E-state index contributed by atoms with van der Waals surface area (Å²) in [6.07, 6.45) is 9.81. The van der Waals surface area contributed by atoms with Gasteiger partial charge in [0.2, 0.25) is 0 Å². The normalized spacial score (nSPS) is 12.9. The van der Waals surface area contributed by atoms with Crippen LogP contribution in [-0.2, 0) is 11.2 Å². The van der Waals surface area contributed by atoms with Gasteiger partial charge in [0.1, 0.15) is 24.7 Å². The maximum absolute atomic E-state index is 6.12. The molecule has 0 spiro atoms. The van der Waals surface area contributed by atoms with E-state index < -0.39 is 0 Å². The van der Waals surface area contributed by atoms with Crippen LogP contribution in [0.5, 0.6) is 11.5 Å². The Balaban J connectivity index is 1.82. The minimum absolute atomic E-state index is 0.135. The van der Waals surface area contributed by atoms with Crippen LogP contribution < -0.4 is 9.47 Å². The van der Waals surface area contributed by atoms with Crippen molar-refractivity contribution in [3.8, 4) is 11.5 Å². The maximum Gasteiger partial charge on any atom is 0.147 e. The second-order valence-corrected chi connectivity index (χ2v) is 15.8. The molecule has 0 saturated carbocycles. The Morgan fingerprint density at radius 2 is 1.08 bits per heavy atom. The summed E-state index contributed by atoms with van der Waals surface area (Å²) in [5.74, 6) is 1.61. The van der Waals surface area contributed by atoms with Crippen LogP contribution in [-0.4, -0.2) is 41.4 Å². The summed E-state index contributed by atoms with van der Waals surface area (Å²) in [5.41, 5.74) is 2.33. The summed E-state index contributed by atoms with van der Waals surface area (Å²) in [5, 5.41) is 0.827. The molecule has 0 amide bonds. The van der Waals surface area contributed by atoms with Crippen molar-refractivity contribution in [3.63, 3.8) is 0 Å². The molecule has 0 heterocycles. The molecule has 214 valence electrons. The third kappa shape index (κ3) is 13.6. The molecule has 0 aliphatic rings. The zero-order valence-corrected chi connectivity index (χ0v) is 32.6. The highest BCUT2D eigenvalue weighted by Crippen LogP contribution is 2.38. The average Bonchev–Trinajstić information content (AvgIpc) is 2.86. The molecule has 38 heavy (non-hydrogen) atoms. The van der Waals surface area contributed by atoms with Gasteiger partial charge in [0.15, 0.2) is 0 Å². The van der Waals surface area contributed by atoms with Gasteiger partial charge in [-0.3, -0.25) is 0 Å². The predicted molar refractivity (Wildman–Crippen MR) is 186 cm³/mol. The Morgan fingerprint density at radius 3 is 1.55 bits per heavy atom. The monoisotopic (exact) mass is 972 g/mol. The molecular weight excluding hydrogens is 944 g/mol. The van der Waals surface area contributed by atoms with Crippen molar-refractivity contribution in [2.45, 2.75) is 67.9 Å². The van der Waals surface area contributed by atoms with Gasteiger partial charge in [-0.25, -0.2) is 0 Å². The number of unbranched alkanes of at least 4 members (excludes halogenated alkanes) is 6. The molecule has 2 atom stereocenters. The molecule has 0 saturated heterocycles. The van der Waals surface area contributed by atoms with Gasteiger partial charge in [-0.1, -0.05) is 93.2 Å². The first-order chi connectivity index (χ1) is 18.2. The summed E-state index contributed by atoms with van der Waals surface area (Å²) >= 11 is 25.5. The van der Waals surface area contributed by atoms with E-state index in [2.05, 4.69) is 143 Å². The van der Waals surface area contributed by atoms with Crippen LogP contribution in [0.4, 0.5) is 0 Å². The number of hydrogen-bond acceptors (Lipinski definition) is 3. The summed E-state index contributed by atoms with van der Waals surface area (Å²) in [4.78, 5) is 0.383. The largest absolute Gasteiger partial charge is 0.490 e. The first kappa shape index (κ1) is 35.6. The summed E-state index contributed by atoms with van der Waals surface area (Å²) in [6.45, 7) is 4.80. The van der Waals surface area contributed by atoms with Crippen molar-refractivity contribution in [2.75, 3.05) is 31.8 Å². The Morgan fingerprint density at radius 1 is 0.632 bits per heavy atom. The van der Waals surface area contributed by atoms with E-state index in [0.29, 0.717) is 19.8 Å². The molecule has 10 heteroatoms. The zero-order chi connectivity index (χ0) is 27.9. The molecule has 0 N–H and O–H groups in total. The van der Waals surface area contributed by atoms with Crippen molar-refractivity contribution in [1.82, 2.24) is 0 Å². The number of rotatable bonds is 19. The van der Waals surface area contributed by atoms with Crippen molar-refractivity contribution in [2.24, 2.45) is 0 Å². The predicted octanol–water partition coefficient (Wildman–Crippen LogP) is 11.8. The Labute approximate surface area is 287 Å². The second-order valence-electron chi connectivity index (χ2n) is 9.12. The van der Waals surface area contributed by atoms with E-state index >= 15 is 0 Å². The second kappa shape index (κ2) is 20.3. The van der Waals surface area contributed by atoms with E-state index in [0.717, 1.165) is 65.3 Å². The van der Waals surface area contributed by atoms with E-state index in [1.807, 2.05) is 0 Å². The van der Waals surface area contributed by atoms with Gasteiger partial charge in [0, 0.05) is 11.9 Å². The van der Waals surface area contributed by atoms with Crippen LogP contribution in [0.1, 0.15) is 63.0 Å². The number of halogens is 7. The summed E-state index contributed by atoms with van der Waals surface area (Å²) in [7, 11) is 0. The molecule has 2 aromatic carbocycles. The van der Waals surface area contributed by atoms with Gasteiger partial charge in [-0.2, -0.15) is 0 Å². The van der Waals surface area contributed by atoms with Gasteiger partial charge in [0.25, 0.3) is 0 Å². The lowest BCUT2D eigenvalue weighted by Gasteiger charge is -2.16. The van der Waals surface area contributed by atoms with Crippen LogP contribution >= 0.6 is 112 Å². The van der Waals surface area contributed by atoms with Crippen LogP contribution in [0, 0.1) is 0 Å². The Hall–Kier alpha value is 1.36. The topological polar surface area (TPSA) is 27.7 Å². The highest BCUT2D eigenvalue weighted by molar-refractivity contribution is 9.12. The molecule has 0 aromatic heterocycles. The van der Waals surface area contributed by atoms with Gasteiger partial charge >= 0.3 is 0 Å². The molecule has 2 rings (SSSR count). The lowest BCUT2D eigenvalue weighted by molar-refractivity contribution is 0.121. The van der Waals surface area contributed by atoms with E-state index in [9.17, 15) is 0 Å². The van der Waals surface area contributed by atoms with E-state index in [-0.39, 0.29) is 9.65 Å². The van der Waals surface area contributed by atoms with E-state index in [1.165, 1.54) is 38.5 Å². The van der Waals surface area contributed by atoms with Gasteiger partial charge in [-0.05, 0) is 112 Å². The molecule has 2 unspecified atom stereocenters. The number of benzene rings is 2. The SMILES string of the molecule is CCCCCCCCCOCC(Br)COc1c(Br)cc(Cc2cc(Br)c(OCC(Br)CBr)c(Br)c2)cc1Br. The minimum Gasteiger partial charge on any atom is -0.490 e. The van der Waals surface area contributed by atoms with Crippen molar-refractivity contribution >= 4 is 112 Å². The van der Waals surface area contributed by atoms with E-state index in [1.54, 1.807) is 0 Å². The van der Waals surface area contributed by atoms with E-state index in [4.69, 9.17) is 14.2 Å². The van der Waals surface area contributed by atoms with Crippen LogP contribution in [0.3, 0.4) is 0 Å². The highest BCUT2D eigenvalue weighted by atomic mass is 79.9. The quantitative estimate of drug-likeness (QED) is 0.104. The average molecular weight is 979 g/mol. The van der Waals surface area contributed by atoms with Gasteiger partial charge < -0.3 is 14.2 Å². The number of hydrogen-bond donors (Lipinski definition) is 0. The standard InChI is InChI=1S/C28H35Br7O3/c1-2-3-4-5-6-7-8-9-36-16-22(31)18-38-28-25(34)13-20(14-26(28)35)10-19-11-23(32)27(24(33)12-19)37-17-21(30)15-29/h11-14,21-22H,2-10,15-18H2,1H3. The lowest BCUT2D eigenvalue weighted by Crippen LogP contribution is -2.18. The van der Waals surface area contributed by atoms with Gasteiger partial charge in [0.05, 0.1) is 34.2 Å². The highest BCUT2D eigenvalue weighted by Gasteiger charge is 2.15. The van der Waals surface area contributed by atoms with Gasteiger partial charge in [-0.15, -0.1) is 0 Å². The Kier molecular flexibility index (Phi) is 19.0. The number of alkyl halides is 3. The summed E-state index contributed by atoms with van der Waals surface area (Å²) < 4.78 is 21.6. The fourth-order valence-electron chi connectivity index (χ4n) is 3.75. The summed E-state index contributed by atoms with van der Waals surface area (Å²) in [6, 6.07) is 8.42. The molecule has 2 aromatic rings. The molecule has 0 bridgehead atoms. The van der Waals surface area contributed by atoms with Crippen LogP contribution in [0.2, 0.25) is 0 Å². The minimum atomic E-state index is 0.135. The third-order valence-corrected chi connectivity index (χ3v) is 10.8. The molecule has 0 aliphatic heterocycles. The molecule has 3 nitrogen and oxygen atoms in total. The lowest BCUT2D eigenvalue weighted by atomic mass is 10.0. The van der Waals surface area contributed by atoms with Crippen molar-refractivity contribution < 1.29 is 14.2 Å². The fourth-order valence-corrected chi connectivity index (χ4v) is 7.41. The smallest absolute Gasteiger partial charge is 0.147 e. The van der Waals surface area contributed by atoms with Crippen molar-refractivity contribution in [3.05, 3.63) is 53.3 Å². The molecule has 0 fully saturated rings. The molecule has 0 radical (unpaired) electrons. The molecular formula is C28H35Br7O3. The van der Waals surface area contributed by atoms with Crippen LogP contribution in [0.25, 0.3) is 0 Å². The third-order valence-electron chi connectivity index (χ3n) is 5.70. The van der Waals surface area contributed by atoms with Crippen molar-refractivity contribution in [1.29, 1.82) is 0 Å². The number of ether oxygens (including phenoxy) is 3. The Bertz CT molecular complexity index is 927.